The molecule has 2 rings (SSSR count). The first kappa shape index (κ1) is 17.9. The summed E-state index contributed by atoms with van der Waals surface area (Å²) in [5.41, 5.74) is 1.12. The monoisotopic (exact) mass is 344 g/mol. The number of amides is 2. The molecule has 0 spiro atoms. The van der Waals surface area contributed by atoms with E-state index in [1.807, 2.05) is 37.3 Å². The maximum atomic E-state index is 12.4. The number of methoxy groups -OCH3 is 1. The molecular formula is C18H20N2O3S. The van der Waals surface area contributed by atoms with E-state index in [0.717, 1.165) is 4.90 Å². The molecule has 6 heteroatoms. The van der Waals surface area contributed by atoms with E-state index in [4.69, 9.17) is 4.74 Å². The van der Waals surface area contributed by atoms with Crippen LogP contribution in [0.3, 0.4) is 0 Å². The van der Waals surface area contributed by atoms with Crippen LogP contribution in [-0.2, 0) is 9.59 Å². The largest absolute Gasteiger partial charge is 0.495 e. The molecule has 1 atom stereocenters. The van der Waals surface area contributed by atoms with E-state index in [0.29, 0.717) is 17.1 Å². The molecule has 0 aliphatic heterocycles. The lowest BCUT2D eigenvalue weighted by Crippen LogP contribution is -2.22. The highest BCUT2D eigenvalue weighted by Gasteiger charge is 2.16. The van der Waals surface area contributed by atoms with E-state index in [2.05, 4.69) is 10.6 Å². The number of rotatable bonds is 6. The van der Waals surface area contributed by atoms with Crippen molar-refractivity contribution in [1.29, 1.82) is 0 Å². The molecule has 5 nitrogen and oxygen atoms in total. The van der Waals surface area contributed by atoms with Gasteiger partial charge in [0.25, 0.3) is 0 Å². The van der Waals surface area contributed by atoms with Crippen molar-refractivity contribution in [1.82, 2.24) is 0 Å². The molecule has 0 bridgehead atoms. The van der Waals surface area contributed by atoms with E-state index in [1.165, 1.54) is 25.8 Å². The zero-order chi connectivity index (χ0) is 17.5. The van der Waals surface area contributed by atoms with Crippen LogP contribution in [0.25, 0.3) is 0 Å². The Morgan fingerprint density at radius 3 is 2.42 bits per heavy atom. The second-order valence-corrected chi connectivity index (χ2v) is 6.57. The molecule has 24 heavy (non-hydrogen) atoms. The van der Waals surface area contributed by atoms with Crippen LogP contribution < -0.4 is 15.4 Å². The number of carbonyl (C=O) groups is 2. The maximum Gasteiger partial charge on any atom is 0.237 e. The number of thioether (sulfide) groups is 1. The van der Waals surface area contributed by atoms with Gasteiger partial charge in [0.15, 0.2) is 0 Å². The quantitative estimate of drug-likeness (QED) is 0.783. The summed E-state index contributed by atoms with van der Waals surface area (Å²) in [6.07, 6.45) is 0. The molecule has 0 aliphatic rings. The lowest BCUT2D eigenvalue weighted by molar-refractivity contribution is -0.115. The first-order chi connectivity index (χ1) is 11.5. The Morgan fingerprint density at radius 1 is 1.08 bits per heavy atom. The lowest BCUT2D eigenvalue weighted by Gasteiger charge is -2.15. The third-order valence-electron chi connectivity index (χ3n) is 3.20. The molecule has 0 heterocycles. The fourth-order valence-electron chi connectivity index (χ4n) is 2.08. The highest BCUT2D eigenvalue weighted by atomic mass is 32.2. The van der Waals surface area contributed by atoms with Crippen molar-refractivity contribution in [2.75, 3.05) is 17.7 Å². The zero-order valence-electron chi connectivity index (χ0n) is 13.8. The first-order valence-corrected chi connectivity index (χ1v) is 8.35. The van der Waals surface area contributed by atoms with Crippen LogP contribution in [-0.4, -0.2) is 24.2 Å². The van der Waals surface area contributed by atoms with Gasteiger partial charge >= 0.3 is 0 Å². The summed E-state index contributed by atoms with van der Waals surface area (Å²) >= 11 is 1.48. The topological polar surface area (TPSA) is 67.4 Å². The van der Waals surface area contributed by atoms with Gasteiger partial charge in [-0.25, -0.2) is 0 Å². The summed E-state index contributed by atoms with van der Waals surface area (Å²) in [5, 5.41) is 5.27. The predicted molar refractivity (Wildman–Crippen MR) is 97.7 cm³/mol. The molecule has 0 radical (unpaired) electrons. The third-order valence-corrected chi connectivity index (χ3v) is 4.31. The molecule has 2 N–H and O–H groups in total. The van der Waals surface area contributed by atoms with Crippen molar-refractivity contribution < 1.29 is 14.3 Å². The first-order valence-electron chi connectivity index (χ1n) is 7.48. The van der Waals surface area contributed by atoms with Gasteiger partial charge in [0.2, 0.25) is 11.8 Å². The van der Waals surface area contributed by atoms with E-state index in [9.17, 15) is 9.59 Å². The van der Waals surface area contributed by atoms with Gasteiger partial charge in [0.1, 0.15) is 5.75 Å². The number of carbonyl (C=O) groups excluding carboxylic acids is 2. The Hall–Kier alpha value is -2.47. The second-order valence-electron chi connectivity index (χ2n) is 5.16. The van der Waals surface area contributed by atoms with Crippen LogP contribution in [0.2, 0.25) is 0 Å². The molecular weight excluding hydrogens is 324 g/mol. The minimum Gasteiger partial charge on any atom is -0.495 e. The Bertz CT molecular complexity index is 719. The molecule has 2 aromatic carbocycles. The van der Waals surface area contributed by atoms with Crippen molar-refractivity contribution >= 4 is 35.0 Å². The van der Waals surface area contributed by atoms with Crippen molar-refractivity contribution in [3.8, 4) is 5.75 Å². The highest BCUT2D eigenvalue weighted by molar-refractivity contribution is 8.00. The third kappa shape index (κ3) is 5.03. The number of anilines is 2. The van der Waals surface area contributed by atoms with Gasteiger partial charge in [-0.15, -0.1) is 11.8 Å². The predicted octanol–water partition coefficient (Wildman–Crippen LogP) is 3.77. The Balaban J connectivity index is 2.10. The van der Waals surface area contributed by atoms with Crippen LogP contribution in [0.5, 0.6) is 5.75 Å². The lowest BCUT2D eigenvalue weighted by atomic mass is 10.2. The summed E-state index contributed by atoms with van der Waals surface area (Å²) < 4.78 is 5.27. The van der Waals surface area contributed by atoms with Gasteiger partial charge < -0.3 is 15.4 Å². The fourth-order valence-corrected chi connectivity index (χ4v) is 2.97. The van der Waals surface area contributed by atoms with Crippen molar-refractivity contribution in [2.45, 2.75) is 24.0 Å². The van der Waals surface area contributed by atoms with E-state index in [1.54, 1.807) is 18.2 Å². The van der Waals surface area contributed by atoms with E-state index in [-0.39, 0.29) is 17.1 Å². The standard InChI is InChI=1S/C18H20N2O3S/c1-12(24-15-7-5-4-6-8-15)18(22)20-16-11-14(19-13(2)21)9-10-17(16)23-3/h4-12H,1-3H3,(H,19,21)(H,20,22)/t12-/m1/s1. The summed E-state index contributed by atoms with van der Waals surface area (Å²) in [5.74, 6) is 0.224. The molecule has 2 amide bonds. The summed E-state index contributed by atoms with van der Waals surface area (Å²) in [6, 6.07) is 14.8. The van der Waals surface area contributed by atoms with Gasteiger partial charge in [-0.05, 0) is 37.3 Å². The van der Waals surface area contributed by atoms with Crippen LogP contribution in [0.4, 0.5) is 11.4 Å². The van der Waals surface area contributed by atoms with Crippen LogP contribution in [0, 0.1) is 0 Å². The normalized spacial score (nSPS) is 11.5. The molecule has 0 fully saturated rings. The number of hydrogen-bond donors (Lipinski definition) is 2. The number of benzene rings is 2. The number of ether oxygens (including phenoxy) is 1. The van der Waals surface area contributed by atoms with E-state index < -0.39 is 0 Å². The van der Waals surface area contributed by atoms with Gasteiger partial charge in [0.05, 0.1) is 18.0 Å². The summed E-state index contributed by atoms with van der Waals surface area (Å²) in [7, 11) is 1.53. The summed E-state index contributed by atoms with van der Waals surface area (Å²) in [4.78, 5) is 24.7. The van der Waals surface area contributed by atoms with Gasteiger partial charge in [-0.2, -0.15) is 0 Å². The van der Waals surface area contributed by atoms with Crippen LogP contribution >= 0.6 is 11.8 Å². The average Bonchev–Trinajstić information content (AvgIpc) is 2.55. The minimum absolute atomic E-state index is 0.137. The van der Waals surface area contributed by atoms with Gasteiger partial charge in [-0.1, -0.05) is 18.2 Å². The molecule has 126 valence electrons. The molecule has 0 aromatic heterocycles. The van der Waals surface area contributed by atoms with E-state index >= 15 is 0 Å². The molecule has 0 unspecified atom stereocenters. The van der Waals surface area contributed by atoms with Crippen LogP contribution in [0.15, 0.2) is 53.4 Å². The molecule has 0 saturated carbocycles. The van der Waals surface area contributed by atoms with Gasteiger partial charge in [0, 0.05) is 17.5 Å². The SMILES string of the molecule is COc1ccc(NC(C)=O)cc1NC(=O)[C@@H](C)Sc1ccccc1. The van der Waals surface area contributed by atoms with Crippen molar-refractivity contribution in [3.63, 3.8) is 0 Å². The average molecular weight is 344 g/mol. The van der Waals surface area contributed by atoms with Crippen LogP contribution in [0.1, 0.15) is 13.8 Å². The van der Waals surface area contributed by atoms with Crippen molar-refractivity contribution in [2.24, 2.45) is 0 Å². The maximum absolute atomic E-state index is 12.4. The van der Waals surface area contributed by atoms with Gasteiger partial charge in [-0.3, -0.25) is 9.59 Å². The molecule has 0 saturated heterocycles. The smallest absolute Gasteiger partial charge is 0.237 e. The highest BCUT2D eigenvalue weighted by Crippen LogP contribution is 2.29. The molecule has 2 aromatic rings. The zero-order valence-corrected chi connectivity index (χ0v) is 14.6. The Labute approximate surface area is 145 Å². The molecule has 0 aliphatic carbocycles. The Kier molecular flexibility index (Phi) is 6.26. The fraction of sp³-hybridized carbons (Fsp3) is 0.222. The number of nitrogens with one attached hydrogen (secondary N) is 2. The Morgan fingerprint density at radius 2 is 1.79 bits per heavy atom. The van der Waals surface area contributed by atoms with Crippen molar-refractivity contribution in [3.05, 3.63) is 48.5 Å². The second kappa shape index (κ2) is 8.40. The minimum atomic E-state index is -0.276. The summed E-state index contributed by atoms with van der Waals surface area (Å²) in [6.45, 7) is 3.28. The number of hydrogen-bond acceptors (Lipinski definition) is 4.